The molecule has 1 aromatic carbocycles. The average Bonchev–Trinajstić information content (AvgIpc) is 2.83. The molecule has 1 N–H and O–H groups in total. The molecule has 1 amide bonds. The number of pyridine rings is 1. The van der Waals surface area contributed by atoms with E-state index in [2.05, 4.69) is 20.5 Å². The van der Waals surface area contributed by atoms with Crippen molar-refractivity contribution in [1.82, 2.24) is 20.1 Å². The van der Waals surface area contributed by atoms with Crippen molar-refractivity contribution in [3.8, 4) is 0 Å². The summed E-state index contributed by atoms with van der Waals surface area (Å²) in [6.07, 6.45) is -0.271. The van der Waals surface area contributed by atoms with E-state index in [1.54, 1.807) is 19.2 Å². The number of benzene rings is 1. The van der Waals surface area contributed by atoms with Gasteiger partial charge < -0.3 is 10.2 Å². The fraction of sp³-hybridized carbons (Fsp3) is 0.333. The number of aromatic nitrogens is 3. The summed E-state index contributed by atoms with van der Waals surface area (Å²) < 4.78 is 52.4. The lowest BCUT2D eigenvalue weighted by molar-refractivity contribution is -0.138. The second-order valence-electron chi connectivity index (χ2n) is 8.15. The first-order valence-electron chi connectivity index (χ1n) is 10.7. The number of nitrogens with one attached hydrogen (secondary N) is 1. The van der Waals surface area contributed by atoms with Crippen LogP contribution in [0.25, 0.3) is 16.5 Å². The van der Waals surface area contributed by atoms with Gasteiger partial charge in [0.1, 0.15) is 0 Å². The standard InChI is InChI=1S/C24H23F4N5O/c1-14-17(4-3-5-20(14)24(26,27)28)12-30-23-19-10-18(13-29-22(19)15(2)31-32-23)16-6-8-33(9-7-16)21(34)11-25/h3-6,10,13H,7-9,11-12H2,1-2H3,(H,30,32). The fourth-order valence-electron chi connectivity index (χ4n) is 4.07. The van der Waals surface area contributed by atoms with Gasteiger partial charge in [-0.05, 0) is 54.7 Å². The average molecular weight is 473 g/mol. The summed E-state index contributed by atoms with van der Waals surface area (Å²) in [5.74, 6) is -0.119. The van der Waals surface area contributed by atoms with Gasteiger partial charge in [0.05, 0.1) is 16.8 Å². The van der Waals surface area contributed by atoms with Gasteiger partial charge in [0.25, 0.3) is 5.91 Å². The van der Waals surface area contributed by atoms with Gasteiger partial charge in [-0.25, -0.2) is 4.39 Å². The number of hydrogen-bond donors (Lipinski definition) is 1. The lowest BCUT2D eigenvalue weighted by Gasteiger charge is -2.25. The van der Waals surface area contributed by atoms with Gasteiger partial charge in [-0.2, -0.15) is 18.3 Å². The molecule has 0 saturated heterocycles. The summed E-state index contributed by atoms with van der Waals surface area (Å²) in [5.41, 5.74) is 3.07. The van der Waals surface area contributed by atoms with Gasteiger partial charge in [0.2, 0.25) is 0 Å². The quantitative estimate of drug-likeness (QED) is 0.536. The van der Waals surface area contributed by atoms with Gasteiger partial charge in [-0.1, -0.05) is 18.2 Å². The van der Waals surface area contributed by atoms with Crippen molar-refractivity contribution in [3.05, 3.63) is 64.5 Å². The predicted molar refractivity (Wildman–Crippen MR) is 121 cm³/mol. The lowest BCUT2D eigenvalue weighted by atomic mass is 9.99. The van der Waals surface area contributed by atoms with Gasteiger partial charge in [0, 0.05) is 31.2 Å². The first kappa shape index (κ1) is 23.6. The van der Waals surface area contributed by atoms with Crippen molar-refractivity contribution in [1.29, 1.82) is 0 Å². The summed E-state index contributed by atoms with van der Waals surface area (Å²) in [6, 6.07) is 6.00. The van der Waals surface area contributed by atoms with E-state index in [9.17, 15) is 22.4 Å². The van der Waals surface area contributed by atoms with E-state index in [0.29, 0.717) is 47.5 Å². The summed E-state index contributed by atoms with van der Waals surface area (Å²) in [7, 11) is 0. The summed E-state index contributed by atoms with van der Waals surface area (Å²) >= 11 is 0. The second kappa shape index (κ2) is 9.36. The van der Waals surface area contributed by atoms with Crippen LogP contribution in [-0.2, 0) is 17.5 Å². The van der Waals surface area contributed by atoms with Crippen LogP contribution in [0.4, 0.5) is 23.4 Å². The Balaban J connectivity index is 1.63. The molecule has 0 spiro atoms. The third kappa shape index (κ3) is 4.71. The Labute approximate surface area is 193 Å². The monoisotopic (exact) mass is 473 g/mol. The minimum Gasteiger partial charge on any atom is -0.364 e. The van der Waals surface area contributed by atoms with Gasteiger partial charge >= 0.3 is 6.18 Å². The molecule has 3 aromatic rings. The third-order valence-corrected chi connectivity index (χ3v) is 6.03. The topological polar surface area (TPSA) is 71.0 Å². The van der Waals surface area contributed by atoms with Crippen molar-refractivity contribution >= 4 is 28.2 Å². The maximum Gasteiger partial charge on any atom is 0.416 e. The van der Waals surface area contributed by atoms with E-state index in [4.69, 9.17) is 0 Å². The smallest absolute Gasteiger partial charge is 0.364 e. The molecule has 6 nitrogen and oxygen atoms in total. The SMILES string of the molecule is Cc1c(CNc2nnc(C)c3ncc(C4=CCN(C(=O)CF)CC4)cc23)cccc1C(F)(F)F. The maximum absolute atomic E-state index is 13.3. The Morgan fingerprint density at radius 2 is 2.00 bits per heavy atom. The fourth-order valence-corrected chi connectivity index (χ4v) is 4.07. The van der Waals surface area contributed by atoms with Crippen LogP contribution >= 0.6 is 0 Å². The zero-order chi connectivity index (χ0) is 24.5. The molecular weight excluding hydrogens is 450 g/mol. The molecule has 3 heterocycles. The molecule has 0 aliphatic carbocycles. The van der Waals surface area contributed by atoms with Gasteiger partial charge in [0.15, 0.2) is 12.5 Å². The zero-order valence-corrected chi connectivity index (χ0v) is 18.7. The number of aryl methyl sites for hydroxylation is 1. The molecule has 34 heavy (non-hydrogen) atoms. The van der Waals surface area contributed by atoms with Crippen molar-refractivity contribution in [2.45, 2.75) is 33.0 Å². The van der Waals surface area contributed by atoms with Crippen LogP contribution in [0.1, 0.15) is 34.4 Å². The summed E-state index contributed by atoms with van der Waals surface area (Å²) in [6.45, 7) is 3.09. The molecule has 1 aliphatic heterocycles. The number of rotatable bonds is 5. The molecule has 0 bridgehead atoms. The first-order chi connectivity index (χ1) is 16.2. The molecule has 178 valence electrons. The number of alkyl halides is 4. The van der Waals surface area contributed by atoms with E-state index in [0.717, 1.165) is 17.2 Å². The molecular formula is C24H23F4N5O. The van der Waals surface area contributed by atoms with Gasteiger partial charge in [-0.3, -0.25) is 9.78 Å². The Kier molecular flexibility index (Phi) is 6.49. The van der Waals surface area contributed by atoms with Gasteiger partial charge in [-0.15, -0.1) is 5.10 Å². The third-order valence-electron chi connectivity index (χ3n) is 6.03. The molecule has 0 unspecified atom stereocenters. The van der Waals surface area contributed by atoms with E-state index in [1.165, 1.54) is 17.9 Å². The Morgan fingerprint density at radius 3 is 2.68 bits per heavy atom. The largest absolute Gasteiger partial charge is 0.416 e. The van der Waals surface area contributed by atoms with Crippen LogP contribution in [0.3, 0.4) is 0 Å². The van der Waals surface area contributed by atoms with Crippen molar-refractivity contribution in [2.24, 2.45) is 0 Å². The Bertz CT molecular complexity index is 1270. The highest BCUT2D eigenvalue weighted by Gasteiger charge is 2.32. The minimum atomic E-state index is -4.42. The molecule has 2 aromatic heterocycles. The van der Waals surface area contributed by atoms with Crippen LogP contribution in [0.2, 0.25) is 0 Å². The van der Waals surface area contributed by atoms with Crippen LogP contribution in [-0.4, -0.2) is 45.8 Å². The summed E-state index contributed by atoms with van der Waals surface area (Å²) in [4.78, 5) is 17.6. The van der Waals surface area contributed by atoms with E-state index in [-0.39, 0.29) is 12.1 Å². The molecule has 0 saturated carbocycles. The highest BCUT2D eigenvalue weighted by molar-refractivity contribution is 5.92. The number of halogens is 4. The molecule has 10 heteroatoms. The normalized spacial score (nSPS) is 14.3. The first-order valence-corrected chi connectivity index (χ1v) is 10.7. The summed E-state index contributed by atoms with van der Waals surface area (Å²) in [5, 5.41) is 12.2. The second-order valence-corrected chi connectivity index (χ2v) is 8.15. The number of fused-ring (bicyclic) bond motifs is 1. The predicted octanol–water partition coefficient (Wildman–Crippen LogP) is 4.86. The van der Waals surface area contributed by atoms with Crippen LogP contribution in [0, 0.1) is 13.8 Å². The minimum absolute atomic E-state index is 0.135. The van der Waals surface area contributed by atoms with Crippen molar-refractivity contribution in [2.75, 3.05) is 25.1 Å². The molecule has 4 rings (SSSR count). The molecule has 0 atom stereocenters. The Hall–Kier alpha value is -3.56. The van der Waals surface area contributed by atoms with E-state index in [1.807, 2.05) is 12.1 Å². The number of carbonyl (C=O) groups is 1. The number of anilines is 1. The molecule has 0 fully saturated rings. The highest BCUT2D eigenvalue weighted by atomic mass is 19.4. The number of amides is 1. The van der Waals surface area contributed by atoms with Crippen LogP contribution in [0.15, 0.2) is 36.5 Å². The van der Waals surface area contributed by atoms with E-state index < -0.39 is 24.3 Å². The number of nitrogens with zero attached hydrogens (tertiary/aromatic N) is 4. The van der Waals surface area contributed by atoms with Crippen molar-refractivity contribution in [3.63, 3.8) is 0 Å². The molecule has 0 radical (unpaired) electrons. The maximum atomic E-state index is 13.3. The Morgan fingerprint density at radius 1 is 1.21 bits per heavy atom. The van der Waals surface area contributed by atoms with Crippen LogP contribution < -0.4 is 5.32 Å². The number of carbonyl (C=O) groups excluding carboxylic acids is 1. The highest BCUT2D eigenvalue weighted by Crippen LogP contribution is 2.33. The van der Waals surface area contributed by atoms with Crippen molar-refractivity contribution < 1.29 is 22.4 Å². The lowest BCUT2D eigenvalue weighted by Crippen LogP contribution is -2.35. The van der Waals surface area contributed by atoms with Crippen LogP contribution in [0.5, 0.6) is 0 Å². The molecule has 1 aliphatic rings. The van der Waals surface area contributed by atoms with E-state index >= 15 is 0 Å². The number of hydrogen-bond acceptors (Lipinski definition) is 5. The zero-order valence-electron chi connectivity index (χ0n) is 18.7.